The van der Waals surface area contributed by atoms with Crippen molar-refractivity contribution in [3.05, 3.63) is 24.0 Å². The number of nitrogen functional groups attached to an aromatic ring is 1. The Balaban J connectivity index is 0.000000424. The van der Waals surface area contributed by atoms with Crippen molar-refractivity contribution >= 4 is 17.4 Å². The zero-order chi connectivity index (χ0) is 10.3. The number of halogens is 1. The van der Waals surface area contributed by atoms with Crippen LogP contribution in [0.3, 0.4) is 0 Å². The van der Waals surface area contributed by atoms with Crippen molar-refractivity contribution < 1.29 is 4.39 Å². The van der Waals surface area contributed by atoms with Gasteiger partial charge in [0.2, 0.25) is 0 Å². The first kappa shape index (κ1) is 12.3. The van der Waals surface area contributed by atoms with Crippen LogP contribution in [0.15, 0.2) is 23.1 Å². The predicted molar refractivity (Wildman–Crippen MR) is 58.6 cm³/mol. The van der Waals surface area contributed by atoms with Crippen molar-refractivity contribution in [3.8, 4) is 0 Å². The van der Waals surface area contributed by atoms with E-state index in [9.17, 15) is 4.39 Å². The molecule has 1 rings (SSSR count). The van der Waals surface area contributed by atoms with Crippen molar-refractivity contribution in [1.82, 2.24) is 0 Å². The molecule has 0 heterocycles. The maximum atomic E-state index is 12.6. The number of thioether (sulfide) groups is 1. The average Bonchev–Trinajstić information content (AvgIpc) is 2.11. The molecule has 2 N–H and O–H groups in total. The van der Waals surface area contributed by atoms with Gasteiger partial charge in [0.15, 0.2) is 0 Å². The van der Waals surface area contributed by atoms with Crippen LogP contribution in [0.5, 0.6) is 0 Å². The van der Waals surface area contributed by atoms with Crippen molar-refractivity contribution in [2.75, 3.05) is 12.0 Å². The van der Waals surface area contributed by atoms with Crippen molar-refractivity contribution in [2.24, 2.45) is 0 Å². The largest absolute Gasteiger partial charge is 0.395 e. The highest BCUT2D eigenvalue weighted by Gasteiger charge is 2.00. The van der Waals surface area contributed by atoms with Gasteiger partial charge in [-0.25, -0.2) is 4.39 Å². The molecule has 0 bridgehead atoms. The van der Waals surface area contributed by atoms with E-state index in [4.69, 9.17) is 5.73 Å². The van der Waals surface area contributed by atoms with Gasteiger partial charge in [-0.2, -0.15) is 0 Å². The third-order valence-electron chi connectivity index (χ3n) is 1.23. The summed E-state index contributed by atoms with van der Waals surface area (Å²) in [6.07, 6.45) is 3.12. The van der Waals surface area contributed by atoms with Crippen LogP contribution >= 0.6 is 11.8 Å². The van der Waals surface area contributed by atoms with Crippen LogP contribution < -0.4 is 5.73 Å². The fraction of sp³-hybridized carbons (Fsp3) is 0.400. The summed E-state index contributed by atoms with van der Waals surface area (Å²) in [7, 11) is 0. The number of anilines is 1. The van der Waals surface area contributed by atoms with Crippen molar-refractivity contribution in [2.45, 2.75) is 25.2 Å². The molecule has 0 aliphatic carbocycles. The Bertz CT molecular complexity index is 251. The molecule has 1 aromatic carbocycles. The minimum Gasteiger partial charge on any atom is -0.395 e. The second-order valence-corrected chi connectivity index (χ2v) is 3.41. The summed E-state index contributed by atoms with van der Waals surface area (Å²) in [5.74, 6) is -0.341. The molecule has 13 heavy (non-hydrogen) atoms. The number of rotatable bonds is 1. The van der Waals surface area contributed by atoms with E-state index >= 15 is 0 Å². The van der Waals surface area contributed by atoms with Crippen LogP contribution in [0.4, 0.5) is 10.1 Å². The number of hydrogen-bond acceptors (Lipinski definition) is 2. The third-order valence-corrected chi connectivity index (χ3v) is 2.03. The highest BCUT2D eigenvalue weighted by molar-refractivity contribution is 7.98. The molecule has 0 aliphatic rings. The smallest absolute Gasteiger partial charge is 0.147 e. The molecule has 0 saturated carbocycles. The Hall–Kier alpha value is -0.700. The number of para-hydroxylation sites is 1. The Morgan fingerprint density at radius 3 is 2.31 bits per heavy atom. The van der Waals surface area contributed by atoms with Crippen LogP contribution in [0, 0.1) is 5.82 Å². The van der Waals surface area contributed by atoms with Crippen LogP contribution in [-0.2, 0) is 0 Å². The molecule has 0 saturated heterocycles. The summed E-state index contributed by atoms with van der Waals surface area (Å²) >= 11 is 1.44. The maximum absolute atomic E-state index is 12.6. The quantitative estimate of drug-likeness (QED) is 0.555. The zero-order valence-electron chi connectivity index (χ0n) is 8.30. The van der Waals surface area contributed by atoms with E-state index in [0.29, 0.717) is 0 Å². The zero-order valence-corrected chi connectivity index (χ0v) is 9.12. The summed E-state index contributed by atoms with van der Waals surface area (Å²) in [5, 5.41) is 0. The molecule has 0 unspecified atom stereocenters. The molecule has 3 heteroatoms. The van der Waals surface area contributed by atoms with Crippen molar-refractivity contribution in [3.63, 3.8) is 0 Å². The fourth-order valence-electron chi connectivity index (χ4n) is 0.695. The van der Waals surface area contributed by atoms with E-state index < -0.39 is 0 Å². The first-order chi connectivity index (χ1) is 6.17. The van der Waals surface area contributed by atoms with E-state index in [1.54, 1.807) is 12.1 Å². The minimum absolute atomic E-state index is 0.245. The number of hydrogen-bond donors (Lipinski definition) is 1. The molecule has 1 aromatic rings. The van der Waals surface area contributed by atoms with Gasteiger partial charge in [0.1, 0.15) is 5.82 Å². The summed E-state index contributed by atoms with van der Waals surface area (Å²) in [6, 6.07) is 4.80. The highest BCUT2D eigenvalue weighted by atomic mass is 32.2. The molecular weight excluding hydrogens is 185 g/mol. The van der Waals surface area contributed by atoms with Crippen LogP contribution in [0.1, 0.15) is 20.3 Å². The molecule has 74 valence electrons. The topological polar surface area (TPSA) is 26.0 Å². The molecule has 0 radical (unpaired) electrons. The Kier molecular flexibility index (Phi) is 6.41. The first-order valence-electron chi connectivity index (χ1n) is 4.25. The molecule has 0 atom stereocenters. The average molecular weight is 201 g/mol. The molecule has 0 fully saturated rings. The van der Waals surface area contributed by atoms with Gasteiger partial charge in [-0.3, -0.25) is 0 Å². The second-order valence-electron chi connectivity index (χ2n) is 2.56. The van der Waals surface area contributed by atoms with Crippen LogP contribution in [-0.4, -0.2) is 6.26 Å². The van der Waals surface area contributed by atoms with Crippen molar-refractivity contribution in [1.29, 1.82) is 0 Å². The van der Waals surface area contributed by atoms with Crippen LogP contribution in [0.2, 0.25) is 0 Å². The molecule has 0 aromatic heterocycles. The van der Waals surface area contributed by atoms with Crippen LogP contribution in [0.25, 0.3) is 0 Å². The molecule has 1 nitrogen and oxygen atoms in total. The molecular formula is C10H16FNS. The number of nitrogens with two attached hydrogens (primary N) is 1. The van der Waals surface area contributed by atoms with Gasteiger partial charge in [-0.15, -0.1) is 11.8 Å². The van der Waals surface area contributed by atoms with E-state index in [2.05, 4.69) is 13.8 Å². The molecule has 0 spiro atoms. The van der Waals surface area contributed by atoms with E-state index in [0.717, 1.165) is 4.90 Å². The first-order valence-corrected chi connectivity index (χ1v) is 5.47. The molecule has 0 amide bonds. The van der Waals surface area contributed by atoms with Gasteiger partial charge in [0.25, 0.3) is 0 Å². The van der Waals surface area contributed by atoms with E-state index in [1.807, 2.05) is 6.26 Å². The van der Waals surface area contributed by atoms with Gasteiger partial charge < -0.3 is 5.73 Å². The fourth-order valence-corrected chi connectivity index (χ4v) is 1.23. The Labute approximate surface area is 83.5 Å². The lowest BCUT2D eigenvalue weighted by molar-refractivity contribution is 0.629. The number of benzene rings is 1. The Morgan fingerprint density at radius 2 is 1.92 bits per heavy atom. The van der Waals surface area contributed by atoms with Gasteiger partial charge in [-0.05, 0) is 18.4 Å². The summed E-state index contributed by atoms with van der Waals surface area (Å²) < 4.78 is 12.6. The van der Waals surface area contributed by atoms with Gasteiger partial charge >= 0.3 is 0 Å². The van der Waals surface area contributed by atoms with E-state index in [1.165, 1.54) is 24.2 Å². The normalized spacial score (nSPS) is 8.92. The monoisotopic (exact) mass is 201 g/mol. The predicted octanol–water partition coefficient (Wildman–Crippen LogP) is 3.55. The molecule has 0 aliphatic heterocycles. The summed E-state index contributed by atoms with van der Waals surface area (Å²) in [5.41, 5.74) is 5.64. The van der Waals surface area contributed by atoms with E-state index in [-0.39, 0.29) is 11.5 Å². The van der Waals surface area contributed by atoms with Gasteiger partial charge in [0.05, 0.1) is 5.69 Å². The van der Waals surface area contributed by atoms with Gasteiger partial charge in [-0.1, -0.05) is 26.3 Å². The lowest BCUT2D eigenvalue weighted by Crippen LogP contribution is -1.91. The standard InChI is InChI=1S/C7H8FNS.C3H8/c1-10-6-4-2-3-5(8)7(6)9;1-3-2/h2-4H,9H2,1H3;3H2,1-2H3. The summed E-state index contributed by atoms with van der Waals surface area (Å²) in [4.78, 5) is 0.792. The Morgan fingerprint density at radius 1 is 1.38 bits per heavy atom. The van der Waals surface area contributed by atoms with Gasteiger partial charge in [0, 0.05) is 4.90 Å². The minimum atomic E-state index is -0.341. The SMILES string of the molecule is CCC.CSc1cccc(F)c1N. The summed E-state index contributed by atoms with van der Waals surface area (Å²) in [6.45, 7) is 4.25. The lowest BCUT2D eigenvalue weighted by Gasteiger charge is -2.00. The highest BCUT2D eigenvalue weighted by Crippen LogP contribution is 2.24. The lowest BCUT2D eigenvalue weighted by atomic mass is 10.3. The maximum Gasteiger partial charge on any atom is 0.147 e. The second kappa shape index (κ2) is 6.78. The third kappa shape index (κ3) is 4.18.